The predicted octanol–water partition coefficient (Wildman–Crippen LogP) is 2.70. The Hall–Kier alpha value is -2.38. The van der Waals surface area contributed by atoms with Crippen LogP contribution in [0, 0.1) is 0 Å². The maximum Gasteiger partial charge on any atom is 0.277 e. The first-order valence-corrected chi connectivity index (χ1v) is 10.8. The Bertz CT molecular complexity index is 766. The molecule has 2 aliphatic rings. The monoisotopic (exact) mass is 416 g/mol. The van der Waals surface area contributed by atoms with Gasteiger partial charge in [0.15, 0.2) is 0 Å². The van der Waals surface area contributed by atoms with Gasteiger partial charge in [0, 0.05) is 26.2 Å². The van der Waals surface area contributed by atoms with E-state index < -0.39 is 0 Å². The van der Waals surface area contributed by atoms with E-state index in [0.29, 0.717) is 63.8 Å². The van der Waals surface area contributed by atoms with Crippen LogP contribution in [0.4, 0.5) is 0 Å². The summed E-state index contributed by atoms with van der Waals surface area (Å²) < 4.78 is 16.7. The van der Waals surface area contributed by atoms with Crippen molar-refractivity contribution in [2.75, 3.05) is 46.1 Å². The third-order valence-corrected chi connectivity index (χ3v) is 5.06. The van der Waals surface area contributed by atoms with Gasteiger partial charge in [-0.25, -0.2) is 0 Å². The molecular weight excluding hydrogens is 384 g/mol. The fourth-order valence-corrected chi connectivity index (χ4v) is 3.59. The average molecular weight is 417 g/mol. The van der Waals surface area contributed by atoms with Crippen molar-refractivity contribution in [3.8, 4) is 5.75 Å². The van der Waals surface area contributed by atoms with Crippen molar-refractivity contribution in [2.24, 2.45) is 0 Å². The zero-order valence-electron chi connectivity index (χ0n) is 18.2. The Morgan fingerprint density at radius 2 is 1.73 bits per heavy atom. The van der Waals surface area contributed by atoms with Crippen molar-refractivity contribution < 1.29 is 23.8 Å². The molecule has 0 aromatic heterocycles. The number of imide groups is 1. The average Bonchev–Trinajstić information content (AvgIpc) is 3.00. The van der Waals surface area contributed by atoms with E-state index in [0.717, 1.165) is 17.7 Å². The van der Waals surface area contributed by atoms with E-state index >= 15 is 0 Å². The number of amides is 2. The first-order chi connectivity index (χ1) is 14.5. The summed E-state index contributed by atoms with van der Waals surface area (Å²) in [4.78, 5) is 29.8. The summed E-state index contributed by atoms with van der Waals surface area (Å²) in [5.41, 5.74) is 1.68. The van der Waals surface area contributed by atoms with Crippen molar-refractivity contribution >= 4 is 17.4 Å². The lowest BCUT2D eigenvalue weighted by atomic mass is 10.0. The van der Waals surface area contributed by atoms with Gasteiger partial charge in [-0.2, -0.15) is 0 Å². The molecule has 0 radical (unpaired) electrons. The molecule has 1 fully saturated rings. The zero-order valence-corrected chi connectivity index (χ0v) is 18.2. The molecule has 0 saturated carbocycles. The Balaban J connectivity index is 1.83. The van der Waals surface area contributed by atoms with Crippen LogP contribution in [-0.4, -0.2) is 73.8 Å². The summed E-state index contributed by atoms with van der Waals surface area (Å²) in [5, 5.41) is 0. The van der Waals surface area contributed by atoms with Gasteiger partial charge in [-0.1, -0.05) is 19.1 Å². The lowest BCUT2D eigenvalue weighted by Gasteiger charge is -2.29. The minimum atomic E-state index is -0.242. The Kier molecular flexibility index (Phi) is 7.87. The highest BCUT2D eigenvalue weighted by Gasteiger charge is 2.41. The second-order valence-electron chi connectivity index (χ2n) is 7.73. The van der Waals surface area contributed by atoms with E-state index in [4.69, 9.17) is 14.2 Å². The van der Waals surface area contributed by atoms with Crippen molar-refractivity contribution in [1.82, 2.24) is 9.80 Å². The van der Waals surface area contributed by atoms with Crippen LogP contribution in [0.5, 0.6) is 5.75 Å². The molecule has 2 heterocycles. The van der Waals surface area contributed by atoms with Gasteiger partial charge in [-0.3, -0.25) is 14.5 Å². The molecule has 3 rings (SSSR count). The van der Waals surface area contributed by atoms with Crippen LogP contribution in [0.15, 0.2) is 30.0 Å². The summed E-state index contributed by atoms with van der Waals surface area (Å²) >= 11 is 0. The molecule has 30 heavy (non-hydrogen) atoms. The van der Waals surface area contributed by atoms with Crippen LogP contribution in [0.2, 0.25) is 0 Å². The molecule has 7 nitrogen and oxygen atoms in total. The SMILES string of the molecule is CCCOc1ccc(C2=C(N3CCOCC3)C(=O)N(CCCOC(C)C)C2=O)cc1. The van der Waals surface area contributed by atoms with Crippen LogP contribution < -0.4 is 4.74 Å². The van der Waals surface area contributed by atoms with Crippen LogP contribution in [0.3, 0.4) is 0 Å². The molecule has 2 aliphatic heterocycles. The highest BCUT2D eigenvalue weighted by molar-refractivity contribution is 6.35. The second-order valence-corrected chi connectivity index (χ2v) is 7.73. The number of morpholine rings is 1. The number of carbonyl (C=O) groups excluding carboxylic acids is 2. The van der Waals surface area contributed by atoms with Crippen molar-refractivity contribution in [2.45, 2.75) is 39.7 Å². The van der Waals surface area contributed by atoms with Gasteiger partial charge in [0.25, 0.3) is 11.8 Å². The van der Waals surface area contributed by atoms with E-state index in [1.54, 1.807) is 0 Å². The third kappa shape index (κ3) is 5.21. The van der Waals surface area contributed by atoms with Gasteiger partial charge in [-0.05, 0) is 44.4 Å². The first kappa shape index (κ1) is 22.3. The molecule has 2 amide bonds. The van der Waals surface area contributed by atoms with Gasteiger partial charge in [0.1, 0.15) is 11.4 Å². The number of hydrogen-bond donors (Lipinski definition) is 0. The van der Waals surface area contributed by atoms with Gasteiger partial charge in [0.05, 0.1) is 31.5 Å². The predicted molar refractivity (Wildman–Crippen MR) is 114 cm³/mol. The number of rotatable bonds is 10. The van der Waals surface area contributed by atoms with Crippen molar-refractivity contribution in [3.05, 3.63) is 35.5 Å². The normalized spacial score (nSPS) is 17.5. The highest BCUT2D eigenvalue weighted by atomic mass is 16.5. The molecule has 1 saturated heterocycles. The Morgan fingerprint density at radius 3 is 2.37 bits per heavy atom. The number of hydrogen-bond acceptors (Lipinski definition) is 6. The molecule has 1 aromatic rings. The number of ether oxygens (including phenoxy) is 3. The highest BCUT2D eigenvalue weighted by Crippen LogP contribution is 2.33. The van der Waals surface area contributed by atoms with Crippen LogP contribution >= 0.6 is 0 Å². The summed E-state index contributed by atoms with van der Waals surface area (Å²) in [7, 11) is 0. The van der Waals surface area contributed by atoms with E-state index in [1.807, 2.05) is 43.0 Å². The minimum Gasteiger partial charge on any atom is -0.494 e. The van der Waals surface area contributed by atoms with E-state index in [1.165, 1.54) is 4.90 Å². The van der Waals surface area contributed by atoms with E-state index in [2.05, 4.69) is 6.92 Å². The fraction of sp³-hybridized carbons (Fsp3) is 0.565. The van der Waals surface area contributed by atoms with Gasteiger partial charge >= 0.3 is 0 Å². The third-order valence-electron chi connectivity index (χ3n) is 5.06. The lowest BCUT2D eigenvalue weighted by Crippen LogP contribution is -2.40. The van der Waals surface area contributed by atoms with Crippen molar-refractivity contribution in [3.63, 3.8) is 0 Å². The summed E-state index contributed by atoms with van der Waals surface area (Å²) in [5.74, 6) is 0.287. The molecule has 0 aliphatic carbocycles. The first-order valence-electron chi connectivity index (χ1n) is 10.8. The summed E-state index contributed by atoms with van der Waals surface area (Å²) in [6.07, 6.45) is 1.67. The number of carbonyl (C=O) groups is 2. The van der Waals surface area contributed by atoms with Crippen LogP contribution in [0.1, 0.15) is 39.2 Å². The van der Waals surface area contributed by atoms with Crippen molar-refractivity contribution in [1.29, 1.82) is 0 Å². The molecule has 0 bridgehead atoms. The summed E-state index contributed by atoms with van der Waals surface area (Å²) in [6, 6.07) is 7.42. The number of nitrogens with zero attached hydrogens (tertiary/aromatic N) is 2. The quantitative estimate of drug-likeness (QED) is 0.432. The van der Waals surface area contributed by atoms with Gasteiger partial charge in [0.2, 0.25) is 0 Å². The van der Waals surface area contributed by atoms with E-state index in [-0.39, 0.29) is 17.9 Å². The van der Waals surface area contributed by atoms with Gasteiger partial charge in [-0.15, -0.1) is 0 Å². The Morgan fingerprint density at radius 1 is 1.03 bits per heavy atom. The smallest absolute Gasteiger partial charge is 0.277 e. The molecule has 0 spiro atoms. The van der Waals surface area contributed by atoms with Gasteiger partial charge < -0.3 is 19.1 Å². The molecule has 0 atom stereocenters. The molecular formula is C23H32N2O5. The fourth-order valence-electron chi connectivity index (χ4n) is 3.59. The Labute approximate surface area is 178 Å². The van der Waals surface area contributed by atoms with Crippen LogP contribution in [0.25, 0.3) is 5.57 Å². The molecule has 0 N–H and O–H groups in total. The van der Waals surface area contributed by atoms with E-state index in [9.17, 15) is 9.59 Å². The molecule has 164 valence electrons. The molecule has 7 heteroatoms. The topological polar surface area (TPSA) is 68.3 Å². The largest absolute Gasteiger partial charge is 0.494 e. The standard InChI is InChI=1S/C23H32N2O5/c1-4-13-30-19-8-6-18(7-9-19)20-21(24-11-15-28-16-12-24)23(27)25(22(20)26)10-5-14-29-17(2)3/h6-9,17H,4-5,10-16H2,1-3H3. The summed E-state index contributed by atoms with van der Waals surface area (Å²) in [6.45, 7) is 9.78. The molecule has 1 aromatic carbocycles. The lowest BCUT2D eigenvalue weighted by molar-refractivity contribution is -0.138. The molecule has 0 unspecified atom stereocenters. The minimum absolute atomic E-state index is 0.126. The number of benzene rings is 1. The maximum atomic E-state index is 13.3. The van der Waals surface area contributed by atoms with Crippen LogP contribution in [-0.2, 0) is 19.1 Å². The second kappa shape index (κ2) is 10.6. The maximum absolute atomic E-state index is 13.3. The zero-order chi connectivity index (χ0) is 21.5.